The first-order valence-electron chi connectivity index (χ1n) is 7.59. The smallest absolute Gasteiger partial charge is 0.326 e. The molecule has 26 heavy (non-hydrogen) atoms. The molecule has 0 saturated carbocycles. The summed E-state index contributed by atoms with van der Waals surface area (Å²) in [6.07, 6.45) is 1.31. The number of phenols is 1. The van der Waals surface area contributed by atoms with Crippen molar-refractivity contribution in [3.63, 3.8) is 0 Å². The number of likely N-dealkylation sites (N-methyl/N-ethyl adjacent to an activating group) is 1. The van der Waals surface area contributed by atoms with Gasteiger partial charge in [0.05, 0.1) is 0 Å². The van der Waals surface area contributed by atoms with E-state index in [-0.39, 0.29) is 16.9 Å². The Morgan fingerprint density at radius 1 is 1.46 bits per heavy atom. The van der Waals surface area contributed by atoms with Crippen molar-refractivity contribution in [3.05, 3.63) is 18.1 Å². The van der Waals surface area contributed by atoms with E-state index in [2.05, 4.69) is 15.3 Å². The normalized spacial score (nSPS) is 16.3. The van der Waals surface area contributed by atoms with Crippen LogP contribution < -0.4 is 14.3 Å². The van der Waals surface area contributed by atoms with Crippen LogP contribution >= 0.6 is 0 Å². The number of hydrogen-bond acceptors (Lipinski definition) is 8. The van der Waals surface area contributed by atoms with Crippen molar-refractivity contribution < 1.29 is 22.7 Å². The van der Waals surface area contributed by atoms with Crippen LogP contribution in [0.4, 0.5) is 16.0 Å². The number of carbonyl (C=O) groups excluding carboxylic acids is 1. The van der Waals surface area contributed by atoms with E-state index in [1.54, 1.807) is 4.72 Å². The summed E-state index contributed by atoms with van der Waals surface area (Å²) in [4.78, 5) is 21.4. The van der Waals surface area contributed by atoms with Crippen molar-refractivity contribution >= 4 is 38.7 Å². The van der Waals surface area contributed by atoms with Crippen molar-refractivity contribution in [1.29, 1.82) is 0 Å². The summed E-state index contributed by atoms with van der Waals surface area (Å²) < 4.78 is 41.1. The number of nitrogens with zero attached hydrogens (tertiary/aromatic N) is 4. The molecule has 1 aromatic carbocycles. The molecule has 2 heterocycles. The highest BCUT2D eigenvalue weighted by Crippen LogP contribution is 2.37. The van der Waals surface area contributed by atoms with E-state index < -0.39 is 39.9 Å². The van der Waals surface area contributed by atoms with Crippen molar-refractivity contribution in [3.8, 4) is 5.75 Å². The molecule has 1 fully saturated rings. The minimum Gasteiger partial charge on any atom is -0.506 e. The zero-order valence-electron chi connectivity index (χ0n) is 14.0. The Labute approximate surface area is 148 Å². The fourth-order valence-electron chi connectivity index (χ4n) is 2.47. The first-order chi connectivity index (χ1) is 12.2. The number of rotatable bonds is 5. The summed E-state index contributed by atoms with van der Waals surface area (Å²) >= 11 is 0. The minimum atomic E-state index is -4.27. The highest BCUT2D eigenvalue weighted by atomic mass is 32.2. The van der Waals surface area contributed by atoms with Gasteiger partial charge in [-0.1, -0.05) is 0 Å². The molecule has 3 rings (SSSR count). The van der Waals surface area contributed by atoms with E-state index in [4.69, 9.17) is 0 Å². The van der Waals surface area contributed by atoms with Gasteiger partial charge in [-0.2, -0.15) is 8.42 Å². The summed E-state index contributed by atoms with van der Waals surface area (Å²) in [6, 6.07) is 1.15. The van der Waals surface area contributed by atoms with Gasteiger partial charge in [-0.15, -0.1) is 0 Å². The van der Waals surface area contributed by atoms with Crippen molar-refractivity contribution in [1.82, 2.24) is 19.6 Å². The van der Waals surface area contributed by atoms with Crippen LogP contribution in [0, 0.1) is 5.82 Å². The Morgan fingerprint density at radius 3 is 2.81 bits per heavy atom. The van der Waals surface area contributed by atoms with Gasteiger partial charge in [0.25, 0.3) is 5.91 Å². The van der Waals surface area contributed by atoms with Gasteiger partial charge < -0.3 is 15.3 Å². The second-order valence-electron chi connectivity index (χ2n) is 5.96. The molecule has 1 aromatic heterocycles. The maximum absolute atomic E-state index is 15.0. The molecule has 1 amide bonds. The fraction of sp³-hybridized carbons (Fsp3) is 0.357. The number of hydrogen-bond donors (Lipinski definition) is 3. The Hall–Kier alpha value is -2.73. The minimum absolute atomic E-state index is 0.161. The third-order valence-corrected chi connectivity index (χ3v) is 5.06. The average molecular weight is 384 g/mol. The van der Waals surface area contributed by atoms with Gasteiger partial charge in [-0.25, -0.2) is 23.4 Å². The third-order valence-electron chi connectivity index (χ3n) is 3.68. The highest BCUT2D eigenvalue weighted by Gasteiger charge is 2.38. The van der Waals surface area contributed by atoms with E-state index >= 15 is 0 Å². The van der Waals surface area contributed by atoms with Crippen LogP contribution in [-0.2, 0) is 15.0 Å². The van der Waals surface area contributed by atoms with Crippen molar-refractivity contribution in [2.24, 2.45) is 0 Å². The molecule has 0 spiro atoms. The molecule has 1 aliphatic rings. The summed E-state index contributed by atoms with van der Waals surface area (Å²) in [5.41, 5.74) is -0.802. The first-order valence-corrected chi connectivity index (χ1v) is 9.03. The number of carbonyl (C=O) groups is 1. The second kappa shape index (κ2) is 6.53. The van der Waals surface area contributed by atoms with Gasteiger partial charge in [0, 0.05) is 24.7 Å². The van der Waals surface area contributed by atoms with Crippen LogP contribution in [0.15, 0.2) is 12.3 Å². The number of halogens is 1. The van der Waals surface area contributed by atoms with Crippen LogP contribution in [0.2, 0.25) is 0 Å². The second-order valence-corrected chi connectivity index (χ2v) is 7.55. The molecule has 0 radical (unpaired) electrons. The van der Waals surface area contributed by atoms with Crippen LogP contribution in [0.5, 0.6) is 5.75 Å². The number of aromatic hydroxyl groups is 1. The van der Waals surface area contributed by atoms with E-state index in [1.807, 2.05) is 19.0 Å². The average Bonchev–Trinajstić information content (AvgIpc) is 2.80. The molecular weight excluding hydrogens is 367 g/mol. The number of aromatic nitrogens is 2. The lowest BCUT2D eigenvalue weighted by molar-refractivity contribution is -0.117. The lowest BCUT2D eigenvalue weighted by atomic mass is 10.2. The molecule has 0 bridgehead atoms. The molecular formula is C14H17FN6O4S. The predicted molar refractivity (Wildman–Crippen MR) is 92.6 cm³/mol. The maximum Gasteiger partial charge on any atom is 0.326 e. The molecule has 140 valence electrons. The van der Waals surface area contributed by atoms with E-state index in [0.717, 1.165) is 6.07 Å². The Morgan fingerprint density at radius 2 is 2.19 bits per heavy atom. The van der Waals surface area contributed by atoms with Gasteiger partial charge >= 0.3 is 10.2 Å². The van der Waals surface area contributed by atoms with E-state index in [0.29, 0.717) is 17.4 Å². The summed E-state index contributed by atoms with van der Waals surface area (Å²) in [5.74, 6) is -2.35. The van der Waals surface area contributed by atoms with Crippen molar-refractivity contribution in [2.75, 3.05) is 43.4 Å². The van der Waals surface area contributed by atoms with Gasteiger partial charge in [-0.3, -0.25) is 4.79 Å². The highest BCUT2D eigenvalue weighted by molar-refractivity contribution is 7.92. The molecule has 12 heteroatoms. The lowest BCUT2D eigenvalue weighted by Crippen LogP contribution is -2.30. The van der Waals surface area contributed by atoms with Gasteiger partial charge in [-0.05, 0) is 20.2 Å². The summed E-state index contributed by atoms with van der Waals surface area (Å²) in [5, 5.41) is 13.2. The third kappa shape index (κ3) is 3.32. The zero-order valence-corrected chi connectivity index (χ0v) is 14.8. The summed E-state index contributed by atoms with van der Waals surface area (Å²) in [7, 11) is -0.483. The summed E-state index contributed by atoms with van der Waals surface area (Å²) in [6.45, 7) is 0.589. The quantitative estimate of drug-likeness (QED) is 0.637. The maximum atomic E-state index is 15.0. The van der Waals surface area contributed by atoms with Crippen molar-refractivity contribution in [2.45, 2.75) is 0 Å². The van der Waals surface area contributed by atoms with Gasteiger partial charge in [0.1, 0.15) is 23.5 Å². The molecule has 10 nitrogen and oxygen atoms in total. The fourth-order valence-corrected chi connectivity index (χ4v) is 3.64. The van der Waals surface area contributed by atoms with Crippen LogP contribution in [0.25, 0.3) is 10.9 Å². The van der Waals surface area contributed by atoms with Crippen LogP contribution in [0.3, 0.4) is 0 Å². The Balaban J connectivity index is 2.04. The monoisotopic (exact) mass is 384 g/mol. The Bertz CT molecular complexity index is 981. The topological polar surface area (TPSA) is 128 Å². The number of fused-ring (bicyclic) bond motifs is 1. The molecule has 0 unspecified atom stereocenters. The standard InChI is InChI=1S/C14H17FN6O4S/c1-20(2)4-3-16-14-17-6-8-5-9(22)13(11(15)12(8)18-14)21-7-10(23)19-26(21,24)25/h5-6,22H,3-4,7H2,1-2H3,(H,19,23)(H,16,17,18). The largest absolute Gasteiger partial charge is 0.506 e. The molecule has 1 aliphatic heterocycles. The molecule has 3 N–H and O–H groups in total. The lowest BCUT2D eigenvalue weighted by Gasteiger charge is -2.18. The number of nitrogens with one attached hydrogen (secondary N) is 2. The van der Waals surface area contributed by atoms with Gasteiger partial charge in [0.2, 0.25) is 5.95 Å². The number of anilines is 2. The molecule has 1 saturated heterocycles. The molecule has 0 atom stereocenters. The number of amides is 1. The van der Waals surface area contributed by atoms with Crippen LogP contribution in [-0.4, -0.2) is 68.0 Å². The zero-order chi connectivity index (χ0) is 19.1. The number of phenolic OH excluding ortho intramolecular Hbond substituents is 1. The molecule has 0 aliphatic carbocycles. The van der Waals surface area contributed by atoms with Gasteiger partial charge in [0.15, 0.2) is 5.82 Å². The van der Waals surface area contributed by atoms with E-state index in [9.17, 15) is 22.7 Å². The van der Waals surface area contributed by atoms with Crippen LogP contribution in [0.1, 0.15) is 0 Å². The molecule has 2 aromatic rings. The number of benzene rings is 1. The Kier molecular flexibility index (Phi) is 4.54. The van der Waals surface area contributed by atoms with E-state index in [1.165, 1.54) is 6.20 Å². The SMILES string of the molecule is CN(C)CCNc1ncc2cc(O)c(N3CC(=O)NS3(=O)=O)c(F)c2n1. The predicted octanol–water partition coefficient (Wildman–Crippen LogP) is -0.371. The first kappa shape index (κ1) is 18.1.